The average Bonchev–Trinajstić information content (AvgIpc) is 3.36. The molecule has 3 aromatic rings. The third-order valence-corrected chi connectivity index (χ3v) is 5.09. The Kier molecular flexibility index (Phi) is 5.28. The van der Waals surface area contributed by atoms with Gasteiger partial charge in [0.05, 0.1) is 11.8 Å². The molecule has 0 bridgehead atoms. The molecule has 1 saturated heterocycles. The van der Waals surface area contributed by atoms with Crippen molar-refractivity contribution in [2.24, 2.45) is 7.05 Å². The maximum Gasteiger partial charge on any atom is 0.436 e. The number of nitrogens with one attached hydrogen (secondary N) is 1. The van der Waals surface area contributed by atoms with E-state index in [9.17, 15) is 24.1 Å². The van der Waals surface area contributed by atoms with Gasteiger partial charge in [-0.1, -0.05) is 0 Å². The van der Waals surface area contributed by atoms with Crippen molar-refractivity contribution in [3.05, 3.63) is 68.5 Å². The first-order chi connectivity index (χ1) is 14.8. The third-order valence-electron chi connectivity index (χ3n) is 5.09. The van der Waals surface area contributed by atoms with Crippen LogP contribution in [0.2, 0.25) is 0 Å². The topological polar surface area (TPSA) is 137 Å². The number of benzene rings is 1. The quantitative estimate of drug-likeness (QED) is 0.481. The number of carbonyl (C=O) groups excluding carboxylic acids is 1. The molecule has 0 atom stereocenters. The summed E-state index contributed by atoms with van der Waals surface area (Å²) >= 11 is 0. The van der Waals surface area contributed by atoms with Gasteiger partial charge >= 0.3 is 11.6 Å². The molecule has 1 amide bonds. The predicted molar refractivity (Wildman–Crippen MR) is 106 cm³/mol. The average molecular weight is 431 g/mol. The monoisotopic (exact) mass is 431 g/mol. The number of aromatic nitrogens is 2. The molecule has 1 N–H and O–H groups in total. The van der Waals surface area contributed by atoms with Crippen LogP contribution in [-0.4, -0.2) is 33.7 Å². The van der Waals surface area contributed by atoms with Crippen LogP contribution >= 0.6 is 0 Å². The summed E-state index contributed by atoms with van der Waals surface area (Å²) in [6.07, 6.45) is 1.30. The van der Waals surface area contributed by atoms with Crippen molar-refractivity contribution < 1.29 is 22.9 Å². The molecule has 2 aromatic heterocycles. The fourth-order valence-electron chi connectivity index (χ4n) is 3.48. The van der Waals surface area contributed by atoms with Crippen LogP contribution in [0.15, 0.2) is 44.0 Å². The highest BCUT2D eigenvalue weighted by atomic mass is 19.1. The van der Waals surface area contributed by atoms with Gasteiger partial charge in [0.15, 0.2) is 5.76 Å². The van der Waals surface area contributed by atoms with Gasteiger partial charge in [0.2, 0.25) is 5.89 Å². The second-order valence-corrected chi connectivity index (χ2v) is 7.11. The number of piperidine rings is 1. The number of rotatable bonds is 5. The Morgan fingerprint density at radius 2 is 2.00 bits per heavy atom. The Hall–Kier alpha value is -3.96. The molecule has 0 radical (unpaired) electrons. The van der Waals surface area contributed by atoms with Crippen molar-refractivity contribution in [2.45, 2.75) is 18.8 Å². The van der Waals surface area contributed by atoms with Gasteiger partial charge in [-0.05, 0) is 37.1 Å². The molecule has 0 spiro atoms. The van der Waals surface area contributed by atoms with E-state index in [4.69, 9.17) is 8.83 Å². The van der Waals surface area contributed by atoms with Crippen molar-refractivity contribution >= 4 is 23.2 Å². The maximum atomic E-state index is 14.7. The maximum absolute atomic E-state index is 14.7. The highest BCUT2D eigenvalue weighted by Gasteiger charge is 2.26. The number of anilines is 2. The van der Waals surface area contributed by atoms with E-state index < -0.39 is 28.3 Å². The number of amides is 1. The zero-order chi connectivity index (χ0) is 22.1. The van der Waals surface area contributed by atoms with E-state index >= 15 is 0 Å². The van der Waals surface area contributed by atoms with Crippen LogP contribution in [-0.2, 0) is 7.05 Å². The number of nitrogens with zero attached hydrogens (tertiary/aromatic N) is 4. The first kappa shape index (κ1) is 20.3. The summed E-state index contributed by atoms with van der Waals surface area (Å²) < 4.78 is 25.8. The number of nitro groups is 1. The number of hydrogen-bond donors (Lipinski definition) is 1. The second-order valence-electron chi connectivity index (χ2n) is 7.11. The zero-order valence-corrected chi connectivity index (χ0v) is 16.4. The van der Waals surface area contributed by atoms with Crippen molar-refractivity contribution in [1.82, 2.24) is 9.78 Å². The van der Waals surface area contributed by atoms with Crippen molar-refractivity contribution in [3.8, 4) is 0 Å². The fraction of sp³-hybridized carbons (Fsp3) is 0.316. The minimum Gasteiger partial charge on any atom is -0.395 e. The summed E-state index contributed by atoms with van der Waals surface area (Å²) in [4.78, 5) is 35.4. The minimum absolute atomic E-state index is 0.0101. The van der Waals surface area contributed by atoms with E-state index in [0.717, 1.165) is 10.7 Å². The fourth-order valence-corrected chi connectivity index (χ4v) is 3.48. The molecule has 0 saturated carbocycles. The lowest BCUT2D eigenvalue weighted by Crippen LogP contribution is -2.33. The molecule has 1 aliphatic rings. The molecule has 0 unspecified atom stereocenters. The summed E-state index contributed by atoms with van der Waals surface area (Å²) in [6.45, 7) is 1.09. The summed E-state index contributed by atoms with van der Waals surface area (Å²) in [5, 5.41) is 17.2. The van der Waals surface area contributed by atoms with E-state index in [1.807, 2.05) is 4.90 Å². The molecule has 3 heterocycles. The van der Waals surface area contributed by atoms with Crippen LogP contribution in [0.5, 0.6) is 0 Å². The van der Waals surface area contributed by atoms with Crippen LogP contribution in [0.25, 0.3) is 0 Å². The first-order valence-corrected chi connectivity index (χ1v) is 9.46. The number of halogens is 1. The lowest BCUT2D eigenvalue weighted by Gasteiger charge is -2.32. The molecule has 11 nitrogen and oxygen atoms in total. The SMILES string of the molecule is Cn1nc(C2CCN(c3ccc(NC(=O)c4ccc([N+](=O)[O-])o4)cc3F)CC2)oc1=O. The lowest BCUT2D eigenvalue weighted by atomic mass is 9.96. The number of furan rings is 1. The Labute approximate surface area is 174 Å². The van der Waals surface area contributed by atoms with Crippen LogP contribution < -0.4 is 16.0 Å². The number of carbonyl (C=O) groups is 1. The Balaban J connectivity index is 1.40. The van der Waals surface area contributed by atoms with E-state index in [2.05, 4.69) is 10.4 Å². The van der Waals surface area contributed by atoms with Crippen LogP contribution in [0.3, 0.4) is 0 Å². The number of hydrogen-bond acceptors (Lipinski definition) is 8. The summed E-state index contributed by atoms with van der Waals surface area (Å²) in [7, 11) is 1.52. The van der Waals surface area contributed by atoms with Crippen LogP contribution in [0, 0.1) is 15.9 Å². The van der Waals surface area contributed by atoms with E-state index in [1.165, 1.54) is 25.2 Å². The van der Waals surface area contributed by atoms with Gasteiger partial charge in [-0.3, -0.25) is 14.9 Å². The van der Waals surface area contributed by atoms with Gasteiger partial charge in [0.1, 0.15) is 10.7 Å². The van der Waals surface area contributed by atoms with Gasteiger partial charge in [0, 0.05) is 31.7 Å². The molecule has 0 aliphatic carbocycles. The summed E-state index contributed by atoms with van der Waals surface area (Å²) in [6, 6.07) is 6.51. The van der Waals surface area contributed by atoms with Gasteiger partial charge in [-0.2, -0.15) is 4.68 Å². The molecule has 1 fully saturated rings. The number of aryl methyl sites for hydroxylation is 1. The smallest absolute Gasteiger partial charge is 0.395 e. The molecule has 1 aromatic carbocycles. The van der Waals surface area contributed by atoms with Crippen LogP contribution in [0.1, 0.15) is 35.2 Å². The first-order valence-electron chi connectivity index (χ1n) is 9.46. The highest BCUT2D eigenvalue weighted by molar-refractivity contribution is 6.02. The standard InChI is InChI=1S/C19H18FN5O6/c1-23-19(27)31-18(22-23)11-6-8-24(9-7-11)14-3-2-12(10-13(14)20)21-17(26)15-4-5-16(30-15)25(28)29/h2-5,10-11H,6-9H2,1H3,(H,21,26). The molecule has 1 aliphatic heterocycles. The molecular formula is C19H18FN5O6. The summed E-state index contributed by atoms with van der Waals surface area (Å²) in [5.41, 5.74) is 0.572. The minimum atomic E-state index is -0.754. The van der Waals surface area contributed by atoms with Crippen molar-refractivity contribution in [2.75, 3.05) is 23.3 Å². The summed E-state index contributed by atoms with van der Waals surface area (Å²) in [5.74, 6) is -2.18. The van der Waals surface area contributed by atoms with Gasteiger partial charge in [0.25, 0.3) is 5.91 Å². The predicted octanol–water partition coefficient (Wildman–Crippen LogP) is 2.65. The van der Waals surface area contributed by atoms with E-state index in [-0.39, 0.29) is 17.4 Å². The van der Waals surface area contributed by atoms with Crippen LogP contribution in [0.4, 0.5) is 21.6 Å². The molecule has 162 valence electrons. The lowest BCUT2D eigenvalue weighted by molar-refractivity contribution is -0.402. The molecule has 31 heavy (non-hydrogen) atoms. The van der Waals surface area contributed by atoms with E-state index in [1.54, 1.807) is 6.07 Å². The van der Waals surface area contributed by atoms with Gasteiger partial charge in [-0.25, -0.2) is 9.18 Å². The molecule has 12 heteroatoms. The van der Waals surface area contributed by atoms with E-state index in [0.29, 0.717) is 37.5 Å². The highest BCUT2D eigenvalue weighted by Crippen LogP contribution is 2.31. The molecular weight excluding hydrogens is 413 g/mol. The van der Waals surface area contributed by atoms with Crippen molar-refractivity contribution in [3.63, 3.8) is 0 Å². The Morgan fingerprint density at radius 3 is 2.58 bits per heavy atom. The van der Waals surface area contributed by atoms with Gasteiger partial charge in [-0.15, -0.1) is 5.10 Å². The zero-order valence-electron chi connectivity index (χ0n) is 16.4. The van der Waals surface area contributed by atoms with Crippen molar-refractivity contribution in [1.29, 1.82) is 0 Å². The molecule has 4 rings (SSSR count). The largest absolute Gasteiger partial charge is 0.436 e. The third kappa shape index (κ3) is 4.17. The second kappa shape index (κ2) is 8.05. The normalized spacial score (nSPS) is 14.6. The Bertz CT molecular complexity index is 1190. The Morgan fingerprint density at radius 1 is 1.26 bits per heavy atom. The van der Waals surface area contributed by atoms with Gasteiger partial charge < -0.3 is 19.1 Å².